The molecule has 2 rings (SSSR count). The van der Waals surface area contributed by atoms with Gasteiger partial charge in [-0.2, -0.15) is 0 Å². The third-order valence-electron chi connectivity index (χ3n) is 4.39. The maximum atomic E-state index is 6.42. The Morgan fingerprint density at radius 2 is 1.95 bits per heavy atom. The van der Waals surface area contributed by atoms with Gasteiger partial charge in [0.25, 0.3) is 0 Å². The van der Waals surface area contributed by atoms with Crippen molar-refractivity contribution < 1.29 is 4.74 Å². The van der Waals surface area contributed by atoms with Crippen molar-refractivity contribution in [3.05, 3.63) is 28.3 Å². The molecule has 1 aliphatic rings. The van der Waals surface area contributed by atoms with Gasteiger partial charge in [-0.1, -0.05) is 44.9 Å². The highest BCUT2D eigenvalue weighted by Crippen LogP contribution is 2.49. The molecule has 0 aromatic heterocycles. The van der Waals surface area contributed by atoms with Crippen molar-refractivity contribution in [2.75, 3.05) is 13.7 Å². The van der Waals surface area contributed by atoms with Crippen molar-refractivity contribution in [3.63, 3.8) is 0 Å². The number of halogens is 1. The molecule has 0 amide bonds. The molecule has 2 nitrogen and oxygen atoms in total. The van der Waals surface area contributed by atoms with E-state index in [1.54, 1.807) is 7.11 Å². The van der Waals surface area contributed by atoms with Crippen LogP contribution in [-0.2, 0) is 10.8 Å². The molecule has 0 atom stereocenters. The molecule has 0 bridgehead atoms. The molecule has 0 aliphatic heterocycles. The van der Waals surface area contributed by atoms with E-state index < -0.39 is 0 Å². The lowest BCUT2D eigenvalue weighted by molar-refractivity contribution is 0.243. The molecular weight excluding hydrogens is 258 g/mol. The first-order valence-corrected chi connectivity index (χ1v) is 7.30. The van der Waals surface area contributed by atoms with Gasteiger partial charge in [0, 0.05) is 17.5 Å². The van der Waals surface area contributed by atoms with E-state index in [0.717, 1.165) is 18.6 Å². The van der Waals surface area contributed by atoms with Crippen LogP contribution in [0.2, 0.25) is 5.02 Å². The second-order valence-electron chi connectivity index (χ2n) is 6.63. The van der Waals surface area contributed by atoms with E-state index in [1.807, 2.05) is 6.07 Å². The van der Waals surface area contributed by atoms with E-state index >= 15 is 0 Å². The second kappa shape index (κ2) is 4.99. The van der Waals surface area contributed by atoms with Crippen molar-refractivity contribution >= 4 is 11.6 Å². The summed E-state index contributed by atoms with van der Waals surface area (Å²) in [4.78, 5) is 0. The predicted molar refractivity (Wildman–Crippen MR) is 81.3 cm³/mol. The number of benzene rings is 1. The highest BCUT2D eigenvalue weighted by molar-refractivity contribution is 6.32. The minimum atomic E-state index is 0.0657. The quantitative estimate of drug-likeness (QED) is 0.908. The lowest BCUT2D eigenvalue weighted by Gasteiger charge is -2.43. The summed E-state index contributed by atoms with van der Waals surface area (Å²) in [6.45, 7) is 7.26. The second-order valence-corrected chi connectivity index (χ2v) is 7.03. The Hall–Kier alpha value is -0.730. The molecule has 1 aromatic rings. The average Bonchev–Trinajstić information content (AvgIpc) is 2.26. The van der Waals surface area contributed by atoms with Gasteiger partial charge in [-0.15, -0.1) is 0 Å². The number of ether oxygens (including phenoxy) is 1. The van der Waals surface area contributed by atoms with Gasteiger partial charge in [-0.3, -0.25) is 0 Å². The molecule has 0 heterocycles. The zero-order chi connectivity index (χ0) is 14.3. The minimum absolute atomic E-state index is 0.0657. The van der Waals surface area contributed by atoms with Crippen LogP contribution in [0.4, 0.5) is 0 Å². The van der Waals surface area contributed by atoms with Crippen molar-refractivity contribution in [3.8, 4) is 5.75 Å². The fourth-order valence-corrected chi connectivity index (χ4v) is 3.11. The normalized spacial score (nSPS) is 18.0. The maximum Gasteiger partial charge on any atom is 0.141 e. The van der Waals surface area contributed by atoms with Gasteiger partial charge >= 0.3 is 0 Å². The van der Waals surface area contributed by atoms with Crippen LogP contribution in [0, 0.1) is 0 Å². The molecule has 0 saturated heterocycles. The topological polar surface area (TPSA) is 35.2 Å². The molecule has 1 aliphatic carbocycles. The Balaban J connectivity index is 2.60. The number of rotatable bonds is 3. The third-order valence-corrected chi connectivity index (χ3v) is 4.67. The van der Waals surface area contributed by atoms with Crippen LogP contribution in [-0.4, -0.2) is 13.7 Å². The first-order valence-electron chi connectivity index (χ1n) is 6.92. The standard InChI is InChI=1S/C16H24ClNO/c1-15(2,3)11-8-12(14(19-4)13(17)9-11)16(10-18)6-5-7-16/h8-9H,5-7,10,18H2,1-4H3. The van der Waals surface area contributed by atoms with E-state index in [0.29, 0.717) is 11.6 Å². The Kier molecular flexibility index (Phi) is 3.85. The Bertz CT molecular complexity index is 467. The number of nitrogens with two attached hydrogens (primary N) is 1. The Morgan fingerprint density at radius 3 is 2.32 bits per heavy atom. The van der Waals surface area contributed by atoms with Crippen LogP contribution in [0.5, 0.6) is 5.75 Å². The van der Waals surface area contributed by atoms with Crippen LogP contribution >= 0.6 is 11.6 Å². The zero-order valence-corrected chi connectivity index (χ0v) is 13.1. The highest BCUT2D eigenvalue weighted by atomic mass is 35.5. The van der Waals surface area contributed by atoms with Gasteiger partial charge < -0.3 is 10.5 Å². The van der Waals surface area contributed by atoms with Crippen LogP contribution in [0.1, 0.15) is 51.2 Å². The molecule has 2 N–H and O–H groups in total. The van der Waals surface area contributed by atoms with Gasteiger partial charge in [0.2, 0.25) is 0 Å². The van der Waals surface area contributed by atoms with Crippen LogP contribution in [0.3, 0.4) is 0 Å². The van der Waals surface area contributed by atoms with Crippen LogP contribution in [0.15, 0.2) is 12.1 Å². The van der Waals surface area contributed by atoms with Crippen molar-refractivity contribution in [2.24, 2.45) is 5.73 Å². The number of methoxy groups -OCH3 is 1. The summed E-state index contributed by atoms with van der Waals surface area (Å²) >= 11 is 6.42. The third kappa shape index (κ3) is 2.48. The van der Waals surface area contributed by atoms with E-state index in [1.165, 1.54) is 17.5 Å². The van der Waals surface area contributed by atoms with Crippen molar-refractivity contribution in [1.82, 2.24) is 0 Å². The van der Waals surface area contributed by atoms with Crippen molar-refractivity contribution in [1.29, 1.82) is 0 Å². The number of hydrogen-bond donors (Lipinski definition) is 1. The van der Waals surface area contributed by atoms with Gasteiger partial charge in [-0.25, -0.2) is 0 Å². The largest absolute Gasteiger partial charge is 0.495 e. The van der Waals surface area contributed by atoms with E-state index in [2.05, 4.69) is 26.8 Å². The van der Waals surface area contributed by atoms with E-state index in [9.17, 15) is 0 Å². The first kappa shape index (κ1) is 14.7. The van der Waals surface area contributed by atoms with Gasteiger partial charge in [0.15, 0.2) is 0 Å². The molecule has 1 aromatic carbocycles. The Labute approximate surface area is 121 Å². The molecule has 0 spiro atoms. The smallest absolute Gasteiger partial charge is 0.141 e. The maximum absolute atomic E-state index is 6.42. The first-order chi connectivity index (χ1) is 8.84. The summed E-state index contributed by atoms with van der Waals surface area (Å²) in [6, 6.07) is 4.27. The molecule has 3 heteroatoms. The van der Waals surface area contributed by atoms with Gasteiger partial charge in [0.05, 0.1) is 12.1 Å². The molecule has 1 saturated carbocycles. The molecule has 0 unspecified atom stereocenters. The predicted octanol–water partition coefficient (Wildman–Crippen LogP) is 4.03. The average molecular weight is 282 g/mol. The summed E-state index contributed by atoms with van der Waals surface area (Å²) in [5.41, 5.74) is 8.61. The molecule has 106 valence electrons. The summed E-state index contributed by atoms with van der Waals surface area (Å²) in [5.74, 6) is 0.805. The van der Waals surface area contributed by atoms with E-state index in [-0.39, 0.29) is 10.8 Å². The Morgan fingerprint density at radius 1 is 1.32 bits per heavy atom. The monoisotopic (exact) mass is 281 g/mol. The SMILES string of the molecule is COc1c(Cl)cc(C(C)(C)C)cc1C1(CN)CCC1. The lowest BCUT2D eigenvalue weighted by atomic mass is 9.63. The lowest BCUT2D eigenvalue weighted by Crippen LogP contribution is -2.42. The molecule has 1 fully saturated rings. The summed E-state index contributed by atoms with van der Waals surface area (Å²) < 4.78 is 5.54. The summed E-state index contributed by atoms with van der Waals surface area (Å²) in [6.07, 6.45) is 3.49. The fourth-order valence-electron chi connectivity index (χ4n) is 2.81. The van der Waals surface area contributed by atoms with Crippen LogP contribution < -0.4 is 10.5 Å². The van der Waals surface area contributed by atoms with Crippen molar-refractivity contribution in [2.45, 2.75) is 50.9 Å². The summed E-state index contributed by atoms with van der Waals surface area (Å²) in [7, 11) is 1.68. The highest BCUT2D eigenvalue weighted by Gasteiger charge is 2.40. The zero-order valence-electron chi connectivity index (χ0n) is 12.3. The van der Waals surface area contributed by atoms with Gasteiger partial charge in [-0.05, 0) is 29.9 Å². The van der Waals surface area contributed by atoms with E-state index in [4.69, 9.17) is 22.1 Å². The molecular formula is C16H24ClNO. The number of hydrogen-bond acceptors (Lipinski definition) is 2. The fraction of sp³-hybridized carbons (Fsp3) is 0.625. The summed E-state index contributed by atoms with van der Waals surface area (Å²) in [5, 5.41) is 0.699. The molecule has 0 radical (unpaired) electrons. The van der Waals surface area contributed by atoms with Gasteiger partial charge in [0.1, 0.15) is 5.75 Å². The minimum Gasteiger partial charge on any atom is -0.495 e. The molecule has 19 heavy (non-hydrogen) atoms. The van der Waals surface area contributed by atoms with Crippen LogP contribution in [0.25, 0.3) is 0 Å².